The van der Waals surface area contributed by atoms with Gasteiger partial charge in [-0.15, -0.1) is 24.8 Å². The number of halogens is 2. The van der Waals surface area contributed by atoms with Crippen LogP contribution < -0.4 is 10.6 Å². The molecule has 122 valence electrons. The number of pyridine rings is 1. The van der Waals surface area contributed by atoms with Crippen molar-refractivity contribution in [1.82, 2.24) is 19.9 Å². The molecule has 23 heavy (non-hydrogen) atoms. The average Bonchev–Trinajstić information content (AvgIpc) is 3.16. The molecule has 1 saturated heterocycles. The molecule has 1 unspecified atom stereocenters. The van der Waals surface area contributed by atoms with Gasteiger partial charge in [-0.2, -0.15) is 0 Å². The van der Waals surface area contributed by atoms with Gasteiger partial charge in [0.05, 0.1) is 11.0 Å². The van der Waals surface area contributed by atoms with E-state index in [4.69, 9.17) is 4.98 Å². The lowest BCUT2D eigenvalue weighted by Crippen LogP contribution is -2.22. The lowest BCUT2D eigenvalue weighted by atomic mass is 10.2. The molecule has 2 aromatic heterocycles. The van der Waals surface area contributed by atoms with Gasteiger partial charge in [0.1, 0.15) is 18.0 Å². The molecular formula is C16H19Cl2N5. The minimum atomic E-state index is 0. The number of fused-ring (bicyclic) bond motifs is 1. The molecule has 0 spiro atoms. The number of rotatable bonds is 3. The Morgan fingerprint density at radius 2 is 1.96 bits per heavy atom. The maximum Gasteiger partial charge on any atom is 0.140 e. The van der Waals surface area contributed by atoms with Crippen LogP contribution in [0, 0.1) is 0 Å². The average molecular weight is 352 g/mol. The second-order valence-corrected chi connectivity index (χ2v) is 5.32. The highest BCUT2D eigenvalue weighted by atomic mass is 35.5. The fraction of sp³-hybridized carbons (Fsp3) is 0.250. The van der Waals surface area contributed by atoms with Crippen LogP contribution in [0.4, 0.5) is 5.82 Å². The van der Waals surface area contributed by atoms with E-state index in [9.17, 15) is 0 Å². The van der Waals surface area contributed by atoms with Gasteiger partial charge in [0, 0.05) is 12.6 Å². The number of aromatic nitrogens is 3. The van der Waals surface area contributed by atoms with E-state index in [2.05, 4.69) is 21.7 Å². The monoisotopic (exact) mass is 351 g/mol. The molecule has 7 heteroatoms. The Morgan fingerprint density at radius 3 is 2.78 bits per heavy atom. The van der Waals surface area contributed by atoms with Gasteiger partial charge in [0.2, 0.25) is 0 Å². The van der Waals surface area contributed by atoms with Crippen molar-refractivity contribution in [2.24, 2.45) is 0 Å². The highest BCUT2D eigenvalue weighted by Crippen LogP contribution is 2.18. The van der Waals surface area contributed by atoms with E-state index in [0.29, 0.717) is 6.04 Å². The minimum Gasteiger partial charge on any atom is -0.366 e. The van der Waals surface area contributed by atoms with Crippen LogP contribution in [-0.4, -0.2) is 33.7 Å². The zero-order valence-corrected chi connectivity index (χ0v) is 14.1. The van der Waals surface area contributed by atoms with Crippen molar-refractivity contribution in [3.63, 3.8) is 0 Å². The third-order valence-electron chi connectivity index (χ3n) is 3.85. The summed E-state index contributed by atoms with van der Waals surface area (Å²) in [6.07, 6.45) is 2.97. The molecule has 0 bridgehead atoms. The molecule has 1 fully saturated rings. The Labute approximate surface area is 147 Å². The van der Waals surface area contributed by atoms with Crippen molar-refractivity contribution in [2.45, 2.75) is 12.5 Å². The zero-order chi connectivity index (χ0) is 14.1. The van der Waals surface area contributed by atoms with Crippen LogP contribution in [0.2, 0.25) is 0 Å². The number of hydrogen-bond acceptors (Lipinski definition) is 4. The van der Waals surface area contributed by atoms with Crippen LogP contribution in [-0.2, 0) is 0 Å². The number of nitrogens with one attached hydrogen (secondary N) is 2. The van der Waals surface area contributed by atoms with Crippen LogP contribution in [0.3, 0.4) is 0 Å². The number of hydrogen-bond donors (Lipinski definition) is 2. The molecule has 0 radical (unpaired) electrons. The Balaban J connectivity index is 0.000000960. The predicted molar refractivity (Wildman–Crippen MR) is 98.3 cm³/mol. The molecule has 1 aromatic carbocycles. The summed E-state index contributed by atoms with van der Waals surface area (Å²) in [5, 5.41) is 6.84. The Hall–Kier alpha value is -1.82. The molecule has 2 N–H and O–H groups in total. The van der Waals surface area contributed by atoms with Gasteiger partial charge in [-0.1, -0.05) is 18.2 Å². The van der Waals surface area contributed by atoms with Crippen LogP contribution in [0.15, 0.2) is 48.8 Å². The topological polar surface area (TPSA) is 54.8 Å². The van der Waals surface area contributed by atoms with E-state index in [1.54, 1.807) is 0 Å². The van der Waals surface area contributed by atoms with Crippen molar-refractivity contribution in [3.05, 3.63) is 48.8 Å². The number of imidazole rings is 1. The summed E-state index contributed by atoms with van der Waals surface area (Å²) in [5.74, 6) is 1.80. The fourth-order valence-corrected chi connectivity index (χ4v) is 2.77. The first kappa shape index (κ1) is 17.5. The van der Waals surface area contributed by atoms with Crippen molar-refractivity contribution in [2.75, 3.05) is 18.4 Å². The molecule has 3 heterocycles. The van der Waals surface area contributed by atoms with E-state index in [-0.39, 0.29) is 24.8 Å². The maximum absolute atomic E-state index is 4.71. The van der Waals surface area contributed by atoms with E-state index in [0.717, 1.165) is 42.2 Å². The van der Waals surface area contributed by atoms with Gasteiger partial charge in [-0.25, -0.2) is 9.97 Å². The summed E-state index contributed by atoms with van der Waals surface area (Å²) in [6, 6.07) is 14.6. The van der Waals surface area contributed by atoms with Crippen LogP contribution >= 0.6 is 24.8 Å². The SMILES string of the molecule is Cl.Cl.c1cc(NC2CCNC2)nc(-n2cnc3ccccc32)c1. The van der Waals surface area contributed by atoms with E-state index in [1.165, 1.54) is 0 Å². The third kappa shape index (κ3) is 3.58. The molecule has 3 aromatic rings. The lowest BCUT2D eigenvalue weighted by molar-refractivity contribution is 0.786. The Morgan fingerprint density at radius 1 is 1.09 bits per heavy atom. The largest absolute Gasteiger partial charge is 0.366 e. The molecule has 0 saturated carbocycles. The summed E-state index contributed by atoms with van der Waals surface area (Å²) >= 11 is 0. The molecule has 1 atom stereocenters. The first-order chi connectivity index (χ1) is 10.4. The second kappa shape index (κ2) is 7.64. The van der Waals surface area contributed by atoms with Crippen molar-refractivity contribution in [1.29, 1.82) is 0 Å². The fourth-order valence-electron chi connectivity index (χ4n) is 2.77. The molecule has 5 nitrogen and oxygen atoms in total. The minimum absolute atomic E-state index is 0. The predicted octanol–water partition coefficient (Wildman–Crippen LogP) is 3.04. The first-order valence-electron chi connectivity index (χ1n) is 7.27. The highest BCUT2D eigenvalue weighted by molar-refractivity contribution is 5.85. The summed E-state index contributed by atoms with van der Waals surface area (Å²) in [4.78, 5) is 9.13. The third-order valence-corrected chi connectivity index (χ3v) is 3.85. The number of anilines is 1. The second-order valence-electron chi connectivity index (χ2n) is 5.32. The molecule has 4 rings (SSSR count). The van der Waals surface area contributed by atoms with Gasteiger partial charge in [0.25, 0.3) is 0 Å². The van der Waals surface area contributed by atoms with Gasteiger partial charge in [-0.3, -0.25) is 4.57 Å². The van der Waals surface area contributed by atoms with Gasteiger partial charge in [0.15, 0.2) is 0 Å². The van der Waals surface area contributed by atoms with Gasteiger partial charge in [-0.05, 0) is 37.2 Å². The lowest BCUT2D eigenvalue weighted by Gasteiger charge is -2.13. The summed E-state index contributed by atoms with van der Waals surface area (Å²) in [6.45, 7) is 2.07. The smallest absolute Gasteiger partial charge is 0.140 e. The van der Waals surface area contributed by atoms with E-state index >= 15 is 0 Å². The van der Waals surface area contributed by atoms with Crippen molar-refractivity contribution < 1.29 is 0 Å². The summed E-state index contributed by atoms with van der Waals surface area (Å²) < 4.78 is 2.02. The zero-order valence-electron chi connectivity index (χ0n) is 12.5. The Bertz CT molecular complexity index is 768. The van der Waals surface area contributed by atoms with E-state index in [1.807, 2.05) is 47.3 Å². The normalized spacial score (nSPS) is 16.6. The molecule has 1 aliphatic rings. The number of para-hydroxylation sites is 2. The molecule has 0 amide bonds. The van der Waals surface area contributed by atoms with Crippen molar-refractivity contribution in [3.8, 4) is 5.82 Å². The molecule has 1 aliphatic heterocycles. The maximum atomic E-state index is 4.71. The van der Waals surface area contributed by atoms with Crippen LogP contribution in [0.25, 0.3) is 16.9 Å². The van der Waals surface area contributed by atoms with Gasteiger partial charge < -0.3 is 10.6 Å². The molecular weight excluding hydrogens is 333 g/mol. The molecule has 0 aliphatic carbocycles. The standard InChI is InChI=1S/C16H17N5.2ClH/c1-2-5-14-13(4-1)18-11-21(14)16-7-3-6-15(20-16)19-12-8-9-17-10-12;;/h1-7,11-12,17H,8-10H2,(H,19,20);2*1H. The number of nitrogens with zero attached hydrogens (tertiary/aromatic N) is 3. The summed E-state index contributed by atoms with van der Waals surface area (Å²) in [5.41, 5.74) is 2.06. The van der Waals surface area contributed by atoms with Gasteiger partial charge >= 0.3 is 0 Å². The quantitative estimate of drug-likeness (QED) is 0.761. The summed E-state index contributed by atoms with van der Waals surface area (Å²) in [7, 11) is 0. The van der Waals surface area contributed by atoms with Crippen molar-refractivity contribution >= 4 is 41.7 Å². The highest BCUT2D eigenvalue weighted by Gasteiger charge is 2.14. The number of benzene rings is 1. The van der Waals surface area contributed by atoms with Crippen LogP contribution in [0.1, 0.15) is 6.42 Å². The van der Waals surface area contributed by atoms with E-state index < -0.39 is 0 Å². The van der Waals surface area contributed by atoms with Crippen LogP contribution in [0.5, 0.6) is 0 Å². The first-order valence-corrected chi connectivity index (χ1v) is 7.27. The Kier molecular flexibility index (Phi) is 5.82.